The van der Waals surface area contributed by atoms with Gasteiger partial charge in [0.05, 0.1) is 5.56 Å². The van der Waals surface area contributed by atoms with Crippen LogP contribution >= 0.6 is 0 Å². The second-order valence-corrected chi connectivity index (χ2v) is 6.19. The molecule has 3 rings (SSSR count). The number of hydrogen-bond acceptors (Lipinski definition) is 5. The zero-order valence-corrected chi connectivity index (χ0v) is 15.8. The number of aromatic nitrogens is 1. The highest BCUT2D eigenvalue weighted by atomic mass is 19.3. The van der Waals surface area contributed by atoms with E-state index in [4.69, 9.17) is 0 Å². The number of anilines is 2. The molecule has 1 heterocycles. The van der Waals surface area contributed by atoms with Crippen molar-refractivity contribution < 1.29 is 36.9 Å². The highest BCUT2D eigenvalue weighted by Crippen LogP contribution is 2.37. The van der Waals surface area contributed by atoms with Crippen molar-refractivity contribution in [2.75, 3.05) is 4.90 Å². The van der Waals surface area contributed by atoms with Gasteiger partial charge in [-0.25, -0.2) is 4.79 Å². The number of aromatic carboxylic acids is 1. The van der Waals surface area contributed by atoms with Crippen LogP contribution in [-0.4, -0.2) is 29.3 Å². The molecule has 0 aliphatic carbocycles. The Morgan fingerprint density at radius 3 is 2.29 bits per heavy atom. The topological polar surface area (TPSA) is 71.9 Å². The van der Waals surface area contributed by atoms with Crippen LogP contribution < -0.4 is 14.4 Å². The first-order valence-corrected chi connectivity index (χ1v) is 8.87. The van der Waals surface area contributed by atoms with Gasteiger partial charge in [0.25, 0.3) is 0 Å². The van der Waals surface area contributed by atoms with Crippen LogP contribution in [0.1, 0.15) is 15.9 Å². The molecule has 10 heteroatoms. The molecular weight excluding hydrogens is 420 g/mol. The predicted molar refractivity (Wildman–Crippen MR) is 103 cm³/mol. The van der Waals surface area contributed by atoms with Crippen LogP contribution in [0, 0.1) is 0 Å². The van der Waals surface area contributed by atoms with Crippen molar-refractivity contribution in [3.8, 4) is 11.5 Å². The first kappa shape index (κ1) is 21.9. The standard InChI is InChI=1S/C21H16F4N2O4/c22-20(23)30-17-7-6-16(10-18(17)31-21(24)25)27(12-13-3-2-8-26-11-13)15-5-1-4-14(9-15)19(28)29/h1-11,20-21H,12H2,(H,28,29). The summed E-state index contributed by atoms with van der Waals surface area (Å²) < 4.78 is 59.5. The van der Waals surface area contributed by atoms with Crippen LogP contribution in [0.25, 0.3) is 0 Å². The van der Waals surface area contributed by atoms with E-state index in [0.29, 0.717) is 5.69 Å². The van der Waals surface area contributed by atoms with Crippen molar-refractivity contribution in [2.24, 2.45) is 0 Å². The van der Waals surface area contributed by atoms with E-state index < -0.39 is 30.7 Å². The summed E-state index contributed by atoms with van der Waals surface area (Å²) in [7, 11) is 0. The molecule has 0 bridgehead atoms. The molecule has 162 valence electrons. The monoisotopic (exact) mass is 436 g/mol. The number of nitrogens with zero attached hydrogens (tertiary/aromatic N) is 2. The first-order valence-electron chi connectivity index (χ1n) is 8.87. The van der Waals surface area contributed by atoms with Gasteiger partial charge in [-0.15, -0.1) is 0 Å². The van der Waals surface area contributed by atoms with Gasteiger partial charge in [-0.3, -0.25) is 4.98 Å². The van der Waals surface area contributed by atoms with Crippen LogP contribution in [0.5, 0.6) is 11.5 Å². The maximum Gasteiger partial charge on any atom is 0.387 e. The number of pyridine rings is 1. The van der Waals surface area contributed by atoms with Gasteiger partial charge in [-0.05, 0) is 42.0 Å². The maximum absolute atomic E-state index is 12.8. The van der Waals surface area contributed by atoms with Crippen LogP contribution in [0.4, 0.5) is 28.9 Å². The summed E-state index contributed by atoms with van der Waals surface area (Å²) in [4.78, 5) is 17.0. The number of ether oxygens (including phenoxy) is 2. The number of carboxylic acid groups (broad SMARTS) is 1. The van der Waals surface area contributed by atoms with Gasteiger partial charge in [0.1, 0.15) is 0 Å². The zero-order chi connectivity index (χ0) is 22.4. The van der Waals surface area contributed by atoms with E-state index >= 15 is 0 Å². The molecule has 0 saturated carbocycles. The Balaban J connectivity index is 2.08. The Hall–Kier alpha value is -3.82. The first-order chi connectivity index (χ1) is 14.8. The van der Waals surface area contributed by atoms with Crippen LogP contribution in [0.2, 0.25) is 0 Å². The summed E-state index contributed by atoms with van der Waals surface area (Å²) in [6, 6.07) is 13.0. The lowest BCUT2D eigenvalue weighted by molar-refractivity contribution is -0.0692. The second kappa shape index (κ2) is 9.79. The number of carbonyl (C=O) groups is 1. The molecule has 0 spiro atoms. The molecule has 6 nitrogen and oxygen atoms in total. The molecule has 31 heavy (non-hydrogen) atoms. The fraction of sp³-hybridized carbons (Fsp3) is 0.143. The lowest BCUT2D eigenvalue weighted by atomic mass is 10.1. The molecule has 0 saturated heterocycles. The summed E-state index contributed by atoms with van der Waals surface area (Å²) in [5.41, 5.74) is 1.45. The van der Waals surface area contributed by atoms with Gasteiger partial charge in [-0.1, -0.05) is 12.1 Å². The zero-order valence-electron chi connectivity index (χ0n) is 15.8. The lowest BCUT2D eigenvalue weighted by Crippen LogP contribution is -2.18. The highest BCUT2D eigenvalue weighted by Gasteiger charge is 2.19. The van der Waals surface area contributed by atoms with Gasteiger partial charge < -0.3 is 19.5 Å². The van der Waals surface area contributed by atoms with Gasteiger partial charge in [0.15, 0.2) is 11.5 Å². The van der Waals surface area contributed by atoms with Crippen LogP contribution in [-0.2, 0) is 6.54 Å². The van der Waals surface area contributed by atoms with Gasteiger partial charge >= 0.3 is 19.2 Å². The van der Waals surface area contributed by atoms with Gasteiger partial charge in [-0.2, -0.15) is 17.6 Å². The lowest BCUT2D eigenvalue weighted by Gasteiger charge is -2.26. The molecular formula is C21H16F4N2O4. The Bertz CT molecular complexity index is 1030. The van der Waals surface area contributed by atoms with Crippen molar-refractivity contribution >= 4 is 17.3 Å². The fourth-order valence-corrected chi connectivity index (χ4v) is 2.86. The quantitative estimate of drug-likeness (QED) is 0.458. The average Bonchev–Trinajstić information content (AvgIpc) is 2.73. The van der Waals surface area contributed by atoms with E-state index in [1.54, 1.807) is 35.5 Å². The predicted octanol–water partition coefficient (Wildman–Crippen LogP) is 5.32. The van der Waals surface area contributed by atoms with Crippen molar-refractivity contribution in [3.63, 3.8) is 0 Å². The van der Waals surface area contributed by atoms with E-state index in [2.05, 4.69) is 14.5 Å². The molecule has 1 aromatic heterocycles. The molecule has 0 aliphatic heterocycles. The van der Waals surface area contributed by atoms with Crippen molar-refractivity contribution in [1.29, 1.82) is 0 Å². The van der Waals surface area contributed by atoms with Gasteiger partial charge in [0.2, 0.25) is 0 Å². The molecule has 3 aromatic rings. The van der Waals surface area contributed by atoms with E-state index in [1.165, 1.54) is 24.3 Å². The van der Waals surface area contributed by atoms with Crippen LogP contribution in [0.15, 0.2) is 67.0 Å². The summed E-state index contributed by atoms with van der Waals surface area (Å²) in [5, 5.41) is 9.30. The smallest absolute Gasteiger partial charge is 0.387 e. The molecule has 0 unspecified atom stereocenters. The number of benzene rings is 2. The third-order valence-corrected chi connectivity index (χ3v) is 4.14. The summed E-state index contributed by atoms with van der Waals surface area (Å²) in [5.74, 6) is -2.29. The SMILES string of the molecule is O=C(O)c1cccc(N(Cc2cccnc2)c2ccc(OC(F)F)c(OC(F)F)c2)c1. The van der Waals surface area contributed by atoms with E-state index in [-0.39, 0.29) is 17.8 Å². The van der Waals surface area contributed by atoms with E-state index in [0.717, 1.165) is 17.7 Å². The number of carboxylic acids is 1. The fourth-order valence-electron chi connectivity index (χ4n) is 2.86. The maximum atomic E-state index is 12.8. The van der Waals surface area contributed by atoms with E-state index in [9.17, 15) is 27.5 Å². The summed E-state index contributed by atoms with van der Waals surface area (Å²) >= 11 is 0. The highest BCUT2D eigenvalue weighted by molar-refractivity contribution is 5.89. The summed E-state index contributed by atoms with van der Waals surface area (Å²) in [6.45, 7) is -6.32. The second-order valence-electron chi connectivity index (χ2n) is 6.19. The minimum Gasteiger partial charge on any atom is -0.478 e. The average molecular weight is 436 g/mol. The third-order valence-electron chi connectivity index (χ3n) is 4.14. The Labute approximate surface area is 174 Å². The Morgan fingerprint density at radius 1 is 0.935 bits per heavy atom. The normalized spacial score (nSPS) is 10.9. The summed E-state index contributed by atoms with van der Waals surface area (Å²) in [6.07, 6.45) is 3.16. The molecule has 0 aliphatic rings. The van der Waals surface area contributed by atoms with Crippen molar-refractivity contribution in [1.82, 2.24) is 4.98 Å². The van der Waals surface area contributed by atoms with E-state index in [1.807, 2.05) is 0 Å². The minimum atomic E-state index is -3.27. The molecule has 0 amide bonds. The molecule has 0 atom stereocenters. The molecule has 0 radical (unpaired) electrons. The van der Waals surface area contributed by atoms with Gasteiger partial charge in [0, 0.05) is 36.4 Å². The largest absolute Gasteiger partial charge is 0.478 e. The Kier molecular flexibility index (Phi) is 6.91. The molecule has 0 fully saturated rings. The van der Waals surface area contributed by atoms with Crippen molar-refractivity contribution in [2.45, 2.75) is 19.8 Å². The minimum absolute atomic E-state index is 0.00962. The molecule has 2 aromatic carbocycles. The van der Waals surface area contributed by atoms with Crippen LogP contribution in [0.3, 0.4) is 0 Å². The number of hydrogen-bond donors (Lipinski definition) is 1. The number of alkyl halides is 4. The third kappa shape index (κ3) is 5.84. The Morgan fingerprint density at radius 2 is 1.65 bits per heavy atom. The number of rotatable bonds is 9. The number of halogens is 4. The molecule has 1 N–H and O–H groups in total. The van der Waals surface area contributed by atoms with Crippen molar-refractivity contribution in [3.05, 3.63) is 78.1 Å².